The first-order valence-corrected chi connectivity index (χ1v) is 9.62. The minimum Gasteiger partial charge on any atom is -0.496 e. The fraction of sp³-hybridized carbons (Fsp3) is 0.318. The van der Waals surface area contributed by atoms with Crippen molar-refractivity contribution >= 4 is 17.7 Å². The maximum Gasteiger partial charge on any atom is 0.255 e. The van der Waals surface area contributed by atoms with Crippen LogP contribution in [0.25, 0.3) is 0 Å². The molecular formula is C22H24FN3O4. The van der Waals surface area contributed by atoms with Crippen molar-refractivity contribution in [2.75, 3.05) is 20.7 Å². The lowest BCUT2D eigenvalue weighted by Gasteiger charge is -2.26. The Morgan fingerprint density at radius 3 is 2.57 bits per heavy atom. The molecule has 158 valence electrons. The number of rotatable bonds is 7. The molecule has 2 atom stereocenters. The quantitative estimate of drug-likeness (QED) is 0.727. The normalized spacial score (nSPS) is 18.2. The molecule has 1 aliphatic rings. The third-order valence-corrected chi connectivity index (χ3v) is 5.13. The highest BCUT2D eigenvalue weighted by Crippen LogP contribution is 2.32. The molecule has 0 unspecified atom stereocenters. The van der Waals surface area contributed by atoms with Crippen LogP contribution < -0.4 is 15.4 Å². The number of nitrogens with one attached hydrogen (secondary N) is 2. The van der Waals surface area contributed by atoms with Crippen LogP contribution in [0.1, 0.15) is 34.8 Å². The van der Waals surface area contributed by atoms with Crippen LogP contribution in [0.5, 0.6) is 5.75 Å². The van der Waals surface area contributed by atoms with Crippen molar-refractivity contribution in [3.63, 3.8) is 0 Å². The van der Waals surface area contributed by atoms with E-state index in [9.17, 15) is 18.8 Å². The number of nitrogens with zero attached hydrogens (tertiary/aromatic N) is 1. The molecule has 1 fully saturated rings. The van der Waals surface area contributed by atoms with Crippen LogP contribution in [0.3, 0.4) is 0 Å². The van der Waals surface area contributed by atoms with Crippen molar-refractivity contribution in [2.24, 2.45) is 0 Å². The van der Waals surface area contributed by atoms with Gasteiger partial charge in [0.1, 0.15) is 11.6 Å². The van der Waals surface area contributed by atoms with E-state index in [1.165, 1.54) is 19.2 Å². The molecule has 2 aromatic carbocycles. The number of carbonyl (C=O) groups excluding carboxylic acids is 3. The van der Waals surface area contributed by atoms with Crippen molar-refractivity contribution in [1.82, 2.24) is 15.5 Å². The standard InChI is InChI=1S/C22H24FN3O4/c1-26-20(28)13-17(21(26)14-7-9-15(23)10-8-14)25-19(27)11-12-24-22(29)16-5-3-4-6-18(16)30-2/h3-10,17,21H,11-13H2,1-2H3,(H,24,29)(H,25,27)/t17-,21-/m1/s1. The molecule has 0 saturated carbocycles. The summed E-state index contributed by atoms with van der Waals surface area (Å²) < 4.78 is 18.4. The zero-order chi connectivity index (χ0) is 21.7. The van der Waals surface area contributed by atoms with Crippen LogP contribution in [-0.2, 0) is 9.59 Å². The number of halogens is 1. The second kappa shape index (κ2) is 9.39. The van der Waals surface area contributed by atoms with Gasteiger partial charge in [-0.3, -0.25) is 14.4 Å². The van der Waals surface area contributed by atoms with Gasteiger partial charge in [-0.2, -0.15) is 0 Å². The first-order chi connectivity index (χ1) is 14.4. The minimum absolute atomic E-state index is 0.0609. The largest absolute Gasteiger partial charge is 0.496 e. The van der Waals surface area contributed by atoms with Crippen LogP contribution in [0.4, 0.5) is 4.39 Å². The number of hydrogen-bond acceptors (Lipinski definition) is 4. The topological polar surface area (TPSA) is 87.7 Å². The average molecular weight is 413 g/mol. The number of benzene rings is 2. The Labute approximate surface area is 174 Å². The fourth-order valence-electron chi connectivity index (χ4n) is 3.61. The molecule has 7 nitrogen and oxygen atoms in total. The van der Waals surface area contributed by atoms with Gasteiger partial charge in [-0.05, 0) is 29.8 Å². The maximum absolute atomic E-state index is 13.2. The zero-order valence-corrected chi connectivity index (χ0v) is 16.9. The predicted octanol–water partition coefficient (Wildman–Crippen LogP) is 2.04. The Morgan fingerprint density at radius 2 is 1.87 bits per heavy atom. The smallest absolute Gasteiger partial charge is 0.255 e. The number of likely N-dealkylation sites (N-methyl/N-ethyl adjacent to an activating group) is 1. The molecule has 30 heavy (non-hydrogen) atoms. The highest BCUT2D eigenvalue weighted by Gasteiger charge is 2.39. The summed E-state index contributed by atoms with van der Waals surface area (Å²) in [4.78, 5) is 38.4. The molecule has 0 aromatic heterocycles. The molecule has 1 saturated heterocycles. The van der Waals surface area contributed by atoms with E-state index in [1.54, 1.807) is 48.3 Å². The summed E-state index contributed by atoms with van der Waals surface area (Å²) >= 11 is 0. The van der Waals surface area contributed by atoms with Gasteiger partial charge in [0.15, 0.2) is 0 Å². The molecule has 8 heteroatoms. The van der Waals surface area contributed by atoms with Crippen LogP contribution in [-0.4, -0.2) is 49.4 Å². The monoisotopic (exact) mass is 413 g/mol. The average Bonchev–Trinajstić information content (AvgIpc) is 3.01. The van der Waals surface area contributed by atoms with Gasteiger partial charge in [-0.25, -0.2) is 4.39 Å². The van der Waals surface area contributed by atoms with Crippen LogP contribution in [0.15, 0.2) is 48.5 Å². The molecule has 3 rings (SSSR count). The van der Waals surface area contributed by atoms with E-state index < -0.39 is 6.04 Å². The van der Waals surface area contributed by atoms with Crippen molar-refractivity contribution in [3.8, 4) is 5.75 Å². The Kier molecular flexibility index (Phi) is 6.66. The number of para-hydroxylation sites is 1. The lowest BCUT2D eigenvalue weighted by atomic mass is 10.00. The van der Waals surface area contributed by atoms with Gasteiger partial charge in [0, 0.05) is 26.4 Å². The minimum atomic E-state index is -0.426. The summed E-state index contributed by atoms with van der Waals surface area (Å²) in [5.74, 6) is -0.624. The van der Waals surface area contributed by atoms with Gasteiger partial charge in [-0.15, -0.1) is 0 Å². The first kappa shape index (κ1) is 21.3. The molecule has 1 aliphatic heterocycles. The number of amides is 3. The Bertz CT molecular complexity index is 932. The van der Waals surface area contributed by atoms with Crippen molar-refractivity contribution < 1.29 is 23.5 Å². The second-order valence-electron chi connectivity index (χ2n) is 7.09. The summed E-state index contributed by atoms with van der Waals surface area (Å²) in [7, 11) is 3.15. The van der Waals surface area contributed by atoms with Gasteiger partial charge in [0.25, 0.3) is 5.91 Å². The van der Waals surface area contributed by atoms with Gasteiger partial charge in [0.2, 0.25) is 11.8 Å². The van der Waals surface area contributed by atoms with Gasteiger partial charge >= 0.3 is 0 Å². The number of methoxy groups -OCH3 is 1. The molecule has 2 N–H and O–H groups in total. The van der Waals surface area contributed by atoms with Gasteiger partial charge in [-0.1, -0.05) is 24.3 Å². The van der Waals surface area contributed by atoms with Crippen molar-refractivity contribution in [2.45, 2.75) is 24.9 Å². The first-order valence-electron chi connectivity index (χ1n) is 9.62. The third kappa shape index (κ3) is 4.76. The molecule has 0 bridgehead atoms. The van der Waals surface area contributed by atoms with Crippen LogP contribution in [0.2, 0.25) is 0 Å². The lowest BCUT2D eigenvalue weighted by Crippen LogP contribution is -2.40. The highest BCUT2D eigenvalue weighted by atomic mass is 19.1. The van der Waals surface area contributed by atoms with Gasteiger partial charge in [0.05, 0.1) is 24.8 Å². The van der Waals surface area contributed by atoms with E-state index in [2.05, 4.69) is 10.6 Å². The number of ether oxygens (including phenoxy) is 1. The highest BCUT2D eigenvalue weighted by molar-refractivity contribution is 5.97. The van der Waals surface area contributed by atoms with E-state index in [0.717, 1.165) is 5.56 Å². The maximum atomic E-state index is 13.2. The molecule has 3 amide bonds. The van der Waals surface area contributed by atoms with E-state index in [-0.39, 0.29) is 49.0 Å². The predicted molar refractivity (Wildman–Crippen MR) is 108 cm³/mol. The summed E-state index contributed by atoms with van der Waals surface area (Å²) in [5.41, 5.74) is 1.14. The zero-order valence-electron chi connectivity index (χ0n) is 16.9. The molecule has 0 spiro atoms. The number of likely N-dealkylation sites (tertiary alicyclic amines) is 1. The van der Waals surface area contributed by atoms with Crippen molar-refractivity contribution in [1.29, 1.82) is 0 Å². The Morgan fingerprint density at radius 1 is 1.17 bits per heavy atom. The summed E-state index contributed by atoms with van der Waals surface area (Å²) in [5, 5.41) is 5.57. The van der Waals surface area contributed by atoms with Gasteiger partial charge < -0.3 is 20.3 Å². The SMILES string of the molecule is COc1ccccc1C(=O)NCCC(=O)N[C@@H]1CC(=O)N(C)[C@@H]1c1ccc(F)cc1. The van der Waals surface area contributed by atoms with E-state index >= 15 is 0 Å². The Balaban J connectivity index is 1.56. The van der Waals surface area contributed by atoms with Crippen LogP contribution in [0, 0.1) is 5.82 Å². The molecule has 1 heterocycles. The summed E-state index contributed by atoms with van der Waals surface area (Å²) in [6, 6.07) is 11.9. The second-order valence-corrected chi connectivity index (χ2v) is 7.09. The molecule has 0 aliphatic carbocycles. The molecule has 2 aromatic rings. The number of carbonyl (C=O) groups is 3. The third-order valence-electron chi connectivity index (χ3n) is 5.13. The van der Waals surface area contributed by atoms with Crippen molar-refractivity contribution in [3.05, 3.63) is 65.5 Å². The fourth-order valence-corrected chi connectivity index (χ4v) is 3.61. The molecule has 0 radical (unpaired) electrons. The summed E-state index contributed by atoms with van der Waals surface area (Å²) in [6.45, 7) is 0.139. The van der Waals surface area contributed by atoms with E-state index in [1.807, 2.05) is 0 Å². The number of hydrogen-bond donors (Lipinski definition) is 2. The van der Waals surface area contributed by atoms with E-state index in [4.69, 9.17) is 4.74 Å². The van der Waals surface area contributed by atoms with E-state index in [0.29, 0.717) is 11.3 Å². The van der Waals surface area contributed by atoms with Crippen LogP contribution >= 0.6 is 0 Å². The summed E-state index contributed by atoms with van der Waals surface area (Å²) in [6.07, 6.45) is 0.225. The molecular weight excluding hydrogens is 389 g/mol. The Hall–Kier alpha value is -3.42. The lowest BCUT2D eigenvalue weighted by molar-refractivity contribution is -0.127.